The highest BCUT2D eigenvalue weighted by Gasteiger charge is 2.21. The molecule has 2 aromatic rings. The number of hydrogen-bond acceptors (Lipinski definition) is 5. The van der Waals surface area contributed by atoms with Gasteiger partial charge in [-0.05, 0) is 48.2 Å². The molecular weight excluding hydrogens is 487 g/mol. The minimum Gasteiger partial charge on any atom is -0.493 e. The largest absolute Gasteiger partial charge is 0.493 e. The fraction of sp³-hybridized carbons (Fsp3) is 0.273. The van der Waals surface area contributed by atoms with Crippen molar-refractivity contribution in [2.75, 3.05) is 14.2 Å². The summed E-state index contributed by atoms with van der Waals surface area (Å²) in [4.78, 5) is 0. The Morgan fingerprint density at radius 3 is 1.75 bits per heavy atom. The maximum atomic E-state index is 5.63. The summed E-state index contributed by atoms with van der Waals surface area (Å²) in [7, 11) is 3.22. The summed E-state index contributed by atoms with van der Waals surface area (Å²) in [5.41, 5.74) is 3.70. The fourth-order valence-corrected chi connectivity index (χ4v) is 3.32. The van der Waals surface area contributed by atoms with Gasteiger partial charge in [-0.1, -0.05) is 26.0 Å². The molecule has 0 aliphatic heterocycles. The summed E-state index contributed by atoms with van der Waals surface area (Å²) in [5.74, 6) is 2.33. The summed E-state index contributed by atoms with van der Waals surface area (Å²) in [6, 6.07) is 7.89. The first-order chi connectivity index (χ1) is 13.6. The first kappa shape index (κ1) is 24.2. The molecule has 0 amide bonds. The second-order valence-electron chi connectivity index (χ2n) is 5.50. The Labute approximate surface area is 187 Å². The molecule has 152 valence electrons. The maximum Gasteiger partial charge on any atom is 0.192 e. The second-order valence-corrected chi connectivity index (χ2v) is 6.13. The van der Waals surface area contributed by atoms with Crippen molar-refractivity contribution in [2.45, 2.75) is 26.7 Å². The van der Waals surface area contributed by atoms with Gasteiger partial charge in [-0.25, -0.2) is 0 Å². The molecule has 0 bridgehead atoms. The number of ether oxygens (including phenoxy) is 2. The predicted molar refractivity (Wildman–Crippen MR) is 128 cm³/mol. The molecule has 0 atom stereocenters. The third kappa shape index (κ3) is 5.61. The van der Waals surface area contributed by atoms with Crippen molar-refractivity contribution in [3.05, 3.63) is 60.7 Å². The van der Waals surface area contributed by atoms with Gasteiger partial charge in [0.2, 0.25) is 0 Å². The Morgan fingerprint density at radius 1 is 0.857 bits per heavy atom. The van der Waals surface area contributed by atoms with Crippen LogP contribution in [-0.2, 0) is 12.8 Å². The molecule has 0 aromatic heterocycles. The molecule has 0 spiro atoms. The normalized spacial score (nSPS) is 9.64. The molecule has 2 aromatic carbocycles. The zero-order valence-corrected chi connectivity index (χ0v) is 19.8. The highest BCUT2D eigenvalue weighted by Crippen LogP contribution is 2.47. The van der Waals surface area contributed by atoms with Gasteiger partial charge in [0.15, 0.2) is 46.0 Å². The van der Waals surface area contributed by atoms with E-state index in [2.05, 4.69) is 26.1 Å². The van der Waals surface area contributed by atoms with Crippen LogP contribution < -0.4 is 16.7 Å². The molecule has 0 aliphatic carbocycles. The van der Waals surface area contributed by atoms with Crippen LogP contribution in [0.3, 0.4) is 0 Å². The predicted octanol–water partition coefficient (Wildman–Crippen LogP) is 6.81. The van der Waals surface area contributed by atoms with Crippen molar-refractivity contribution in [2.24, 2.45) is 0 Å². The van der Waals surface area contributed by atoms with Gasteiger partial charge < -0.3 is 16.7 Å². The average Bonchev–Trinajstić information content (AvgIpc) is 2.74. The molecule has 2 rings (SSSR count). The van der Waals surface area contributed by atoms with Crippen molar-refractivity contribution in [3.8, 4) is 34.1 Å². The molecule has 0 aliphatic rings. The number of methoxy groups -OCH3 is 2. The summed E-state index contributed by atoms with van der Waals surface area (Å²) in [5, 5.41) is 0. The lowest BCUT2D eigenvalue weighted by atomic mass is 9.96. The van der Waals surface area contributed by atoms with E-state index in [1.807, 2.05) is 73.3 Å². The van der Waals surface area contributed by atoms with E-state index in [0.29, 0.717) is 35.8 Å². The fourth-order valence-electron chi connectivity index (χ4n) is 2.80. The monoisotopic (exact) mass is 514 g/mol. The van der Waals surface area contributed by atoms with E-state index >= 15 is 0 Å². The van der Waals surface area contributed by atoms with E-state index in [9.17, 15) is 0 Å². The summed E-state index contributed by atoms with van der Waals surface area (Å²) >= 11 is 5.85. The lowest BCUT2D eigenvalue weighted by Gasteiger charge is -2.18. The van der Waals surface area contributed by atoms with Crippen LogP contribution >= 0.6 is 35.9 Å². The van der Waals surface area contributed by atoms with E-state index in [0.717, 1.165) is 22.3 Å². The summed E-state index contributed by atoms with van der Waals surface area (Å²) in [6.45, 7) is 11.6. The minimum atomic E-state index is 0.506. The Bertz CT molecular complexity index is 738. The van der Waals surface area contributed by atoms with Crippen molar-refractivity contribution in [1.82, 2.24) is 0 Å². The molecule has 0 saturated carbocycles. The summed E-state index contributed by atoms with van der Waals surface area (Å²) < 4.78 is 22.0. The van der Waals surface area contributed by atoms with Gasteiger partial charge in [0.05, 0.1) is 14.2 Å². The number of thiol groups is 1. The summed E-state index contributed by atoms with van der Waals surface area (Å²) in [6.07, 6.45) is 5.07. The average molecular weight is 514 g/mol. The van der Waals surface area contributed by atoms with Crippen molar-refractivity contribution < 1.29 is 16.7 Å². The Balaban J connectivity index is 0.00000190. The molecule has 4 nitrogen and oxygen atoms in total. The third-order valence-electron chi connectivity index (χ3n) is 3.88. The minimum absolute atomic E-state index is 0.506. The van der Waals surface area contributed by atoms with Crippen molar-refractivity contribution in [1.29, 1.82) is 0 Å². The highest BCUT2D eigenvalue weighted by atomic mass is 127. The molecule has 0 N–H and O–H groups in total. The van der Waals surface area contributed by atoms with Gasteiger partial charge in [-0.3, -0.25) is 0 Å². The molecule has 0 saturated heterocycles. The topological polar surface area (TPSA) is 36.9 Å². The number of halogens is 1. The number of rotatable bonds is 9. The van der Waals surface area contributed by atoms with Gasteiger partial charge in [0.1, 0.15) is 0 Å². The van der Waals surface area contributed by atoms with Crippen LogP contribution in [0.25, 0.3) is 11.1 Å². The van der Waals surface area contributed by atoms with Gasteiger partial charge in [-0.15, -0.1) is 13.2 Å². The van der Waals surface area contributed by atoms with Crippen LogP contribution in [0.4, 0.5) is 0 Å². The van der Waals surface area contributed by atoms with Gasteiger partial charge in [0, 0.05) is 24.0 Å². The number of allylic oxidation sites excluding steroid dienone is 2. The lowest BCUT2D eigenvalue weighted by molar-refractivity contribution is 0.355. The Kier molecular flexibility index (Phi) is 10.9. The van der Waals surface area contributed by atoms with Gasteiger partial charge >= 0.3 is 0 Å². The lowest BCUT2D eigenvalue weighted by Crippen LogP contribution is -1.98. The molecule has 0 fully saturated rings. The molecular formula is C22H27IO4S. The molecule has 0 heterocycles. The zero-order chi connectivity index (χ0) is 21.1. The van der Waals surface area contributed by atoms with E-state index in [4.69, 9.17) is 16.7 Å². The molecule has 6 heteroatoms. The van der Waals surface area contributed by atoms with Gasteiger partial charge in [0.25, 0.3) is 0 Å². The van der Waals surface area contributed by atoms with Crippen LogP contribution in [0.2, 0.25) is 0 Å². The third-order valence-corrected chi connectivity index (χ3v) is 4.54. The zero-order valence-electron chi connectivity index (χ0n) is 16.8. The van der Waals surface area contributed by atoms with Crippen molar-refractivity contribution in [3.63, 3.8) is 0 Å². The van der Waals surface area contributed by atoms with Crippen LogP contribution in [0, 0.1) is 0 Å². The quantitative estimate of drug-likeness (QED) is 0.173. The first-order valence-corrected chi connectivity index (χ1v) is 10.1. The van der Waals surface area contributed by atoms with Crippen LogP contribution in [-0.4, -0.2) is 14.2 Å². The Morgan fingerprint density at radius 2 is 1.36 bits per heavy atom. The van der Waals surface area contributed by atoms with E-state index in [1.54, 1.807) is 14.2 Å². The van der Waals surface area contributed by atoms with E-state index < -0.39 is 0 Å². The SMILES string of the molecule is C=CCc1cc(OC)c(OC)c(-c2cc(CC=C)cc(OI)c2OS)c1.CC. The van der Waals surface area contributed by atoms with Gasteiger partial charge in [-0.2, -0.15) is 0 Å². The first-order valence-electron chi connectivity index (χ1n) is 8.87. The van der Waals surface area contributed by atoms with Crippen LogP contribution in [0.15, 0.2) is 49.6 Å². The standard InChI is InChI=1S/C20H21IO4S.C2H6/c1-5-7-13-9-15(19(23-4)17(11-13)22-3)16-10-14(8-6-2)12-18(24-21)20(16)25-26;1-2/h5-6,9-12,26H,1-2,7-8H2,3-4H3;1-2H3. The smallest absolute Gasteiger partial charge is 0.192 e. The van der Waals surface area contributed by atoms with E-state index in [1.165, 1.54) is 0 Å². The highest BCUT2D eigenvalue weighted by molar-refractivity contribution is 14.1. The molecule has 0 unspecified atom stereocenters. The molecule has 28 heavy (non-hydrogen) atoms. The van der Waals surface area contributed by atoms with E-state index in [-0.39, 0.29) is 0 Å². The van der Waals surface area contributed by atoms with Crippen molar-refractivity contribution >= 4 is 35.9 Å². The second kappa shape index (κ2) is 12.6. The number of benzene rings is 2. The van der Waals surface area contributed by atoms with Crippen LogP contribution in [0.5, 0.6) is 23.0 Å². The van der Waals surface area contributed by atoms with Crippen LogP contribution in [0.1, 0.15) is 25.0 Å². The number of hydrogen-bond donors (Lipinski definition) is 1. The maximum absolute atomic E-state index is 5.63. The Hall–Kier alpha value is -1.80. The molecule has 0 radical (unpaired) electrons.